The summed E-state index contributed by atoms with van der Waals surface area (Å²) in [5.74, 6) is 0.849. The van der Waals surface area contributed by atoms with Crippen LogP contribution in [0.5, 0.6) is 5.75 Å². The van der Waals surface area contributed by atoms with E-state index in [9.17, 15) is 4.79 Å². The largest absolute Gasteiger partial charge is 0.493 e. The van der Waals surface area contributed by atoms with E-state index in [-0.39, 0.29) is 5.91 Å². The van der Waals surface area contributed by atoms with Gasteiger partial charge in [-0.3, -0.25) is 9.69 Å². The summed E-state index contributed by atoms with van der Waals surface area (Å²) in [6, 6.07) is 12.0. The summed E-state index contributed by atoms with van der Waals surface area (Å²) in [5.41, 5.74) is 1.00. The van der Waals surface area contributed by atoms with Crippen molar-refractivity contribution in [3.63, 3.8) is 0 Å². The maximum Gasteiger partial charge on any atom is 0.266 e. The van der Waals surface area contributed by atoms with Gasteiger partial charge in [-0.05, 0) is 36.9 Å². The van der Waals surface area contributed by atoms with Crippen molar-refractivity contribution in [3.8, 4) is 5.75 Å². The number of benzene rings is 2. The van der Waals surface area contributed by atoms with E-state index in [1.165, 1.54) is 11.8 Å². The fraction of sp³-hybridized carbons (Fsp3) is 0.222. The number of likely N-dealkylation sites (N-methyl/N-ethyl adjacent to an activating group) is 1. The minimum absolute atomic E-state index is 0.0135. The molecule has 23 heavy (non-hydrogen) atoms. The molecule has 1 aliphatic rings. The zero-order valence-corrected chi connectivity index (χ0v) is 14.7. The van der Waals surface area contributed by atoms with Gasteiger partial charge in [0.2, 0.25) is 0 Å². The molecule has 0 atom stereocenters. The summed E-state index contributed by atoms with van der Waals surface area (Å²) < 4.78 is 6.32. The number of rotatable bonds is 4. The van der Waals surface area contributed by atoms with Crippen molar-refractivity contribution >= 4 is 51.1 Å². The number of ether oxygens (including phenoxy) is 1. The number of amides is 1. The molecule has 2 aromatic rings. The van der Waals surface area contributed by atoms with Gasteiger partial charge >= 0.3 is 0 Å². The molecule has 3 rings (SSSR count). The molecule has 1 fully saturated rings. The Kier molecular flexibility index (Phi) is 4.68. The summed E-state index contributed by atoms with van der Waals surface area (Å²) in [4.78, 5) is 14.7. The van der Waals surface area contributed by atoms with Crippen LogP contribution in [-0.4, -0.2) is 28.3 Å². The topological polar surface area (TPSA) is 29.5 Å². The molecule has 0 N–H and O–H groups in total. The molecule has 1 heterocycles. The lowest BCUT2D eigenvalue weighted by Crippen LogP contribution is -2.27. The number of carbonyl (C=O) groups is 1. The fourth-order valence-electron chi connectivity index (χ4n) is 2.62. The maximum atomic E-state index is 12.4. The highest BCUT2D eigenvalue weighted by Gasteiger charge is 2.30. The summed E-state index contributed by atoms with van der Waals surface area (Å²) in [5, 5.41) is 2.12. The van der Waals surface area contributed by atoms with Gasteiger partial charge in [0.05, 0.1) is 11.5 Å². The fourth-order valence-corrected chi connectivity index (χ4v) is 3.99. The molecule has 1 aliphatic heterocycles. The monoisotopic (exact) mass is 343 g/mol. The van der Waals surface area contributed by atoms with E-state index in [1.807, 2.05) is 56.3 Å². The molecule has 0 spiro atoms. The molecule has 1 saturated heterocycles. The van der Waals surface area contributed by atoms with E-state index in [1.54, 1.807) is 4.90 Å². The smallest absolute Gasteiger partial charge is 0.266 e. The number of nitrogens with zero attached hydrogens (tertiary/aromatic N) is 1. The molecule has 118 valence electrons. The van der Waals surface area contributed by atoms with Crippen LogP contribution in [0.2, 0.25) is 0 Å². The summed E-state index contributed by atoms with van der Waals surface area (Å²) in [7, 11) is 0. The van der Waals surface area contributed by atoms with Gasteiger partial charge in [0.15, 0.2) is 0 Å². The first kappa shape index (κ1) is 16.0. The van der Waals surface area contributed by atoms with Gasteiger partial charge in [-0.15, -0.1) is 0 Å². The predicted molar refractivity (Wildman–Crippen MR) is 101 cm³/mol. The minimum Gasteiger partial charge on any atom is -0.493 e. The van der Waals surface area contributed by atoms with Crippen LogP contribution in [0.3, 0.4) is 0 Å². The number of hydrogen-bond donors (Lipinski definition) is 0. The Hall–Kier alpha value is -1.85. The quantitative estimate of drug-likeness (QED) is 0.605. The second-order valence-corrected chi connectivity index (χ2v) is 6.73. The maximum absolute atomic E-state index is 12.4. The van der Waals surface area contributed by atoms with Crippen LogP contribution in [0.25, 0.3) is 16.8 Å². The average molecular weight is 343 g/mol. The zero-order chi connectivity index (χ0) is 16.4. The Morgan fingerprint density at radius 3 is 2.57 bits per heavy atom. The van der Waals surface area contributed by atoms with Crippen molar-refractivity contribution in [1.82, 2.24) is 4.90 Å². The molecule has 0 bridgehead atoms. The Balaban J connectivity index is 2.08. The highest BCUT2D eigenvalue weighted by atomic mass is 32.2. The van der Waals surface area contributed by atoms with Crippen molar-refractivity contribution < 1.29 is 9.53 Å². The van der Waals surface area contributed by atoms with Crippen LogP contribution >= 0.6 is 24.0 Å². The Morgan fingerprint density at radius 1 is 1.17 bits per heavy atom. The molecule has 3 nitrogen and oxygen atoms in total. The summed E-state index contributed by atoms with van der Waals surface area (Å²) >= 11 is 6.63. The second-order valence-electron chi connectivity index (χ2n) is 5.06. The first-order chi connectivity index (χ1) is 11.2. The van der Waals surface area contributed by atoms with Crippen LogP contribution in [0.1, 0.15) is 19.4 Å². The normalized spacial score (nSPS) is 16.6. The number of thiocarbonyl (C=S) groups is 1. The van der Waals surface area contributed by atoms with E-state index in [2.05, 4.69) is 0 Å². The SMILES string of the molecule is CCOc1ccc(/C=C2\SC(=S)N(CC)C2=O)c2ccccc12. The highest BCUT2D eigenvalue weighted by Crippen LogP contribution is 2.35. The Morgan fingerprint density at radius 2 is 1.91 bits per heavy atom. The molecule has 1 amide bonds. The molecule has 2 aromatic carbocycles. The van der Waals surface area contributed by atoms with Gasteiger partial charge in [0.1, 0.15) is 10.1 Å². The summed E-state index contributed by atoms with van der Waals surface area (Å²) in [6.45, 7) is 5.13. The van der Waals surface area contributed by atoms with Crippen molar-refractivity contribution in [2.45, 2.75) is 13.8 Å². The van der Waals surface area contributed by atoms with E-state index >= 15 is 0 Å². The molecule has 0 aromatic heterocycles. The number of carbonyl (C=O) groups excluding carboxylic acids is 1. The highest BCUT2D eigenvalue weighted by molar-refractivity contribution is 8.26. The van der Waals surface area contributed by atoms with E-state index in [4.69, 9.17) is 17.0 Å². The first-order valence-electron chi connectivity index (χ1n) is 7.55. The van der Waals surface area contributed by atoms with Crippen molar-refractivity contribution in [1.29, 1.82) is 0 Å². The first-order valence-corrected chi connectivity index (χ1v) is 8.78. The summed E-state index contributed by atoms with van der Waals surface area (Å²) in [6.07, 6.45) is 1.92. The van der Waals surface area contributed by atoms with Gasteiger partial charge in [-0.25, -0.2) is 0 Å². The van der Waals surface area contributed by atoms with Gasteiger partial charge in [-0.2, -0.15) is 0 Å². The number of fused-ring (bicyclic) bond motifs is 1. The van der Waals surface area contributed by atoms with Crippen molar-refractivity contribution in [2.75, 3.05) is 13.2 Å². The molecule has 0 radical (unpaired) electrons. The van der Waals surface area contributed by atoms with Crippen LogP contribution in [0.15, 0.2) is 41.3 Å². The molecular weight excluding hydrogens is 326 g/mol. The Labute approximate surface area is 145 Å². The van der Waals surface area contributed by atoms with Gasteiger partial charge in [-0.1, -0.05) is 54.3 Å². The second kappa shape index (κ2) is 6.72. The molecule has 0 saturated carbocycles. The predicted octanol–water partition coefficient (Wildman–Crippen LogP) is 4.46. The lowest BCUT2D eigenvalue weighted by atomic mass is 10.0. The number of hydrogen-bond acceptors (Lipinski definition) is 4. The third-order valence-electron chi connectivity index (χ3n) is 3.69. The third kappa shape index (κ3) is 2.99. The van der Waals surface area contributed by atoms with E-state index in [0.717, 1.165) is 22.1 Å². The molecule has 0 unspecified atom stereocenters. The molecule has 0 aliphatic carbocycles. The van der Waals surface area contributed by atoms with Gasteiger partial charge in [0, 0.05) is 11.9 Å². The standard InChI is InChI=1S/C18H17NO2S2/c1-3-19-17(20)16(23-18(19)22)11-12-9-10-15(21-4-2)14-8-6-5-7-13(12)14/h5-11H,3-4H2,1-2H3/b16-11-. The minimum atomic E-state index is -0.0135. The third-order valence-corrected chi connectivity index (χ3v) is 5.07. The molecule has 5 heteroatoms. The van der Waals surface area contributed by atoms with Crippen molar-refractivity contribution in [2.24, 2.45) is 0 Å². The van der Waals surface area contributed by atoms with Crippen molar-refractivity contribution in [3.05, 3.63) is 46.9 Å². The average Bonchev–Trinajstić information content (AvgIpc) is 2.83. The van der Waals surface area contributed by atoms with Crippen LogP contribution in [-0.2, 0) is 4.79 Å². The van der Waals surface area contributed by atoms with Crippen LogP contribution in [0, 0.1) is 0 Å². The Bertz CT molecular complexity index is 814. The zero-order valence-electron chi connectivity index (χ0n) is 13.0. The molecular formula is C18H17NO2S2. The van der Waals surface area contributed by atoms with Gasteiger partial charge in [0.25, 0.3) is 5.91 Å². The van der Waals surface area contributed by atoms with E-state index < -0.39 is 0 Å². The van der Waals surface area contributed by atoms with E-state index in [0.29, 0.717) is 22.4 Å². The van der Waals surface area contributed by atoms with Crippen LogP contribution in [0.4, 0.5) is 0 Å². The van der Waals surface area contributed by atoms with Crippen LogP contribution < -0.4 is 4.74 Å². The van der Waals surface area contributed by atoms with Gasteiger partial charge < -0.3 is 4.74 Å². The lowest BCUT2D eigenvalue weighted by Gasteiger charge is -2.10. The lowest BCUT2D eigenvalue weighted by molar-refractivity contribution is -0.121. The number of thioether (sulfide) groups is 1.